The van der Waals surface area contributed by atoms with E-state index in [-0.39, 0.29) is 0 Å². The van der Waals surface area contributed by atoms with Crippen molar-refractivity contribution in [3.63, 3.8) is 0 Å². The largest absolute Gasteiger partial charge is 0.491 e. The molecule has 0 saturated carbocycles. The van der Waals surface area contributed by atoms with Crippen LogP contribution in [-0.2, 0) is 0 Å². The van der Waals surface area contributed by atoms with Crippen molar-refractivity contribution in [2.75, 3.05) is 32.8 Å². The molecule has 0 bridgehead atoms. The average molecular weight is 258 g/mol. The fraction of sp³-hybridized carbons (Fsp3) is 0.625. The lowest BCUT2D eigenvalue weighted by Crippen LogP contribution is -2.55. The van der Waals surface area contributed by atoms with E-state index >= 15 is 0 Å². The zero-order valence-corrected chi connectivity index (χ0v) is 11.4. The summed E-state index contributed by atoms with van der Waals surface area (Å²) in [6.45, 7) is 5.81. The van der Waals surface area contributed by atoms with Crippen LogP contribution < -0.4 is 4.74 Å². The third-order valence-electron chi connectivity index (χ3n) is 4.98. The minimum Gasteiger partial charge on any atom is -0.491 e. The van der Waals surface area contributed by atoms with Gasteiger partial charge in [0.25, 0.3) is 0 Å². The van der Waals surface area contributed by atoms with Gasteiger partial charge in [0.15, 0.2) is 0 Å². The summed E-state index contributed by atoms with van der Waals surface area (Å²) in [7, 11) is 0. The predicted octanol–water partition coefficient (Wildman–Crippen LogP) is 2.29. The number of hydrogen-bond acceptors (Lipinski definition) is 3. The topological polar surface area (TPSA) is 15.7 Å². The number of piperidine rings is 1. The fourth-order valence-electron chi connectivity index (χ4n) is 3.91. The third kappa shape index (κ3) is 2.05. The van der Waals surface area contributed by atoms with E-state index in [0.29, 0.717) is 6.04 Å². The van der Waals surface area contributed by atoms with Crippen LogP contribution in [0, 0.1) is 0 Å². The molecule has 3 aliphatic heterocycles. The van der Waals surface area contributed by atoms with Crippen molar-refractivity contribution in [3.8, 4) is 5.75 Å². The first-order chi connectivity index (χ1) is 9.42. The summed E-state index contributed by atoms with van der Waals surface area (Å²) in [4.78, 5) is 5.35. The van der Waals surface area contributed by atoms with Crippen LogP contribution >= 0.6 is 0 Å². The number of ether oxygens (including phenoxy) is 1. The zero-order chi connectivity index (χ0) is 12.7. The number of hydrogen-bond donors (Lipinski definition) is 0. The van der Waals surface area contributed by atoms with Crippen molar-refractivity contribution >= 4 is 0 Å². The molecule has 0 spiro atoms. The SMILES string of the molecule is c1ccc2c(c1)OCC2N1CCN2CCCCC2C1. The highest BCUT2D eigenvalue weighted by Crippen LogP contribution is 2.37. The third-order valence-corrected chi connectivity index (χ3v) is 4.98. The summed E-state index contributed by atoms with van der Waals surface area (Å²) in [5, 5.41) is 0. The molecule has 3 heterocycles. The Morgan fingerprint density at radius 2 is 1.89 bits per heavy atom. The van der Waals surface area contributed by atoms with Crippen molar-refractivity contribution in [2.45, 2.75) is 31.3 Å². The lowest BCUT2D eigenvalue weighted by molar-refractivity contribution is 0.0222. The number of benzene rings is 1. The first-order valence-corrected chi connectivity index (χ1v) is 7.61. The zero-order valence-electron chi connectivity index (χ0n) is 11.4. The van der Waals surface area contributed by atoms with Gasteiger partial charge < -0.3 is 4.74 Å². The van der Waals surface area contributed by atoms with Gasteiger partial charge in [0.05, 0.1) is 6.04 Å². The molecular formula is C16H22N2O. The van der Waals surface area contributed by atoms with Crippen molar-refractivity contribution in [2.24, 2.45) is 0 Å². The maximum Gasteiger partial charge on any atom is 0.124 e. The van der Waals surface area contributed by atoms with Crippen LogP contribution in [0.1, 0.15) is 30.9 Å². The van der Waals surface area contributed by atoms with E-state index in [4.69, 9.17) is 4.74 Å². The van der Waals surface area contributed by atoms with Gasteiger partial charge in [-0.1, -0.05) is 24.6 Å². The van der Waals surface area contributed by atoms with Crippen molar-refractivity contribution in [3.05, 3.63) is 29.8 Å². The van der Waals surface area contributed by atoms with Crippen molar-refractivity contribution in [1.82, 2.24) is 9.80 Å². The van der Waals surface area contributed by atoms with E-state index in [0.717, 1.165) is 18.4 Å². The molecule has 1 aromatic rings. The van der Waals surface area contributed by atoms with Gasteiger partial charge in [-0.2, -0.15) is 0 Å². The number of rotatable bonds is 1. The van der Waals surface area contributed by atoms with Gasteiger partial charge >= 0.3 is 0 Å². The minimum atomic E-state index is 0.486. The van der Waals surface area contributed by atoms with Crippen LogP contribution in [0.3, 0.4) is 0 Å². The maximum atomic E-state index is 5.85. The molecule has 2 atom stereocenters. The summed E-state index contributed by atoms with van der Waals surface area (Å²) >= 11 is 0. The average Bonchev–Trinajstić information content (AvgIpc) is 2.91. The van der Waals surface area contributed by atoms with Crippen LogP contribution in [-0.4, -0.2) is 48.6 Å². The number of para-hydroxylation sites is 1. The molecule has 0 amide bonds. The molecule has 19 heavy (non-hydrogen) atoms. The molecule has 0 N–H and O–H groups in total. The molecule has 2 saturated heterocycles. The van der Waals surface area contributed by atoms with Gasteiger partial charge in [0.1, 0.15) is 12.4 Å². The highest BCUT2D eigenvalue weighted by molar-refractivity contribution is 5.39. The Kier molecular flexibility index (Phi) is 2.97. The van der Waals surface area contributed by atoms with E-state index in [1.807, 2.05) is 0 Å². The van der Waals surface area contributed by atoms with Gasteiger partial charge in [-0.15, -0.1) is 0 Å². The summed E-state index contributed by atoms with van der Waals surface area (Å²) < 4.78 is 5.85. The molecule has 3 aliphatic rings. The molecular weight excluding hydrogens is 236 g/mol. The van der Waals surface area contributed by atoms with Crippen LogP contribution in [0.4, 0.5) is 0 Å². The Morgan fingerprint density at radius 1 is 1.00 bits per heavy atom. The predicted molar refractivity (Wildman–Crippen MR) is 75.5 cm³/mol. The van der Waals surface area contributed by atoms with E-state index in [1.54, 1.807) is 0 Å². The highest BCUT2D eigenvalue weighted by Gasteiger charge is 2.35. The standard InChI is InChI=1S/C16H22N2O/c1-2-7-16-14(6-1)15(12-19-16)18-10-9-17-8-4-3-5-13(17)11-18/h1-2,6-7,13,15H,3-5,8-12H2. The second-order valence-electron chi connectivity index (χ2n) is 6.05. The Balaban J connectivity index is 1.52. The van der Waals surface area contributed by atoms with Gasteiger partial charge in [0.2, 0.25) is 0 Å². The van der Waals surface area contributed by atoms with E-state index in [1.165, 1.54) is 51.0 Å². The second-order valence-corrected chi connectivity index (χ2v) is 6.05. The first-order valence-electron chi connectivity index (χ1n) is 7.61. The second kappa shape index (κ2) is 4.80. The monoisotopic (exact) mass is 258 g/mol. The van der Waals surface area contributed by atoms with Gasteiger partial charge in [0, 0.05) is 31.2 Å². The van der Waals surface area contributed by atoms with Crippen molar-refractivity contribution in [1.29, 1.82) is 0 Å². The molecule has 1 aromatic carbocycles. The van der Waals surface area contributed by atoms with Crippen LogP contribution in [0.2, 0.25) is 0 Å². The smallest absolute Gasteiger partial charge is 0.124 e. The molecule has 4 rings (SSSR count). The van der Waals surface area contributed by atoms with E-state index in [9.17, 15) is 0 Å². The van der Waals surface area contributed by atoms with E-state index < -0.39 is 0 Å². The molecule has 2 unspecified atom stereocenters. The lowest BCUT2D eigenvalue weighted by atomic mass is 9.97. The Labute approximate surface area is 115 Å². The molecule has 0 aliphatic carbocycles. The van der Waals surface area contributed by atoms with Gasteiger partial charge in [-0.05, 0) is 25.5 Å². The molecule has 2 fully saturated rings. The van der Waals surface area contributed by atoms with Crippen LogP contribution in [0.25, 0.3) is 0 Å². The first kappa shape index (κ1) is 11.7. The molecule has 3 nitrogen and oxygen atoms in total. The fourth-order valence-corrected chi connectivity index (χ4v) is 3.91. The highest BCUT2D eigenvalue weighted by atomic mass is 16.5. The summed E-state index contributed by atoms with van der Waals surface area (Å²) in [5.41, 5.74) is 1.40. The summed E-state index contributed by atoms with van der Waals surface area (Å²) in [5.74, 6) is 1.10. The van der Waals surface area contributed by atoms with Crippen LogP contribution in [0.15, 0.2) is 24.3 Å². The number of piperazine rings is 1. The Bertz CT molecular complexity index is 462. The number of nitrogens with zero attached hydrogens (tertiary/aromatic N) is 2. The maximum absolute atomic E-state index is 5.85. The molecule has 3 heteroatoms. The van der Waals surface area contributed by atoms with E-state index in [2.05, 4.69) is 34.1 Å². The summed E-state index contributed by atoms with van der Waals surface area (Å²) in [6.07, 6.45) is 4.18. The molecule has 0 radical (unpaired) electrons. The van der Waals surface area contributed by atoms with Crippen LogP contribution in [0.5, 0.6) is 5.75 Å². The number of fused-ring (bicyclic) bond motifs is 2. The quantitative estimate of drug-likeness (QED) is 0.768. The summed E-state index contributed by atoms with van der Waals surface area (Å²) in [6, 6.07) is 9.82. The van der Waals surface area contributed by atoms with Crippen molar-refractivity contribution < 1.29 is 4.74 Å². The Morgan fingerprint density at radius 3 is 2.89 bits per heavy atom. The molecule has 102 valence electrons. The minimum absolute atomic E-state index is 0.486. The normalized spacial score (nSPS) is 31.6. The molecule has 0 aromatic heterocycles. The lowest BCUT2D eigenvalue weighted by Gasteiger charge is -2.45. The van der Waals surface area contributed by atoms with Gasteiger partial charge in [-0.3, -0.25) is 9.80 Å². The Hall–Kier alpha value is -1.06. The van der Waals surface area contributed by atoms with Gasteiger partial charge in [-0.25, -0.2) is 0 Å².